The molecule has 0 heterocycles. The third kappa shape index (κ3) is 6.46. The number of amides is 1. The van der Waals surface area contributed by atoms with Gasteiger partial charge in [0.1, 0.15) is 0 Å². The van der Waals surface area contributed by atoms with Crippen LogP contribution in [0.4, 0.5) is 0 Å². The van der Waals surface area contributed by atoms with Crippen LogP contribution in [0.3, 0.4) is 0 Å². The van der Waals surface area contributed by atoms with Gasteiger partial charge in [0.2, 0.25) is 0 Å². The van der Waals surface area contributed by atoms with Crippen LogP contribution in [-0.2, 0) is 0 Å². The Hall–Kier alpha value is -1.79. The maximum atomic E-state index is 12.3. The van der Waals surface area contributed by atoms with E-state index < -0.39 is 0 Å². The first-order valence-corrected chi connectivity index (χ1v) is 7.81. The van der Waals surface area contributed by atoms with Crippen LogP contribution in [0.2, 0.25) is 0 Å². The highest BCUT2D eigenvalue weighted by Crippen LogP contribution is 2.09. The van der Waals surface area contributed by atoms with Gasteiger partial charge in [-0.05, 0) is 37.1 Å². The van der Waals surface area contributed by atoms with Crippen molar-refractivity contribution in [1.29, 1.82) is 0 Å². The molecular formula is C18H26N2O. The molecule has 1 aromatic rings. The molecular weight excluding hydrogens is 260 g/mol. The molecule has 3 N–H and O–H groups in total. The van der Waals surface area contributed by atoms with Crippen molar-refractivity contribution in [2.45, 2.75) is 52.0 Å². The maximum absolute atomic E-state index is 12.3. The van der Waals surface area contributed by atoms with Gasteiger partial charge in [0.15, 0.2) is 0 Å². The highest BCUT2D eigenvalue weighted by molar-refractivity contribution is 5.94. The predicted octanol–water partition coefficient (Wildman–Crippen LogP) is 3.09. The summed E-state index contributed by atoms with van der Waals surface area (Å²) in [7, 11) is 0. The number of benzene rings is 1. The number of nitrogens with one attached hydrogen (secondary N) is 1. The fraction of sp³-hybridized carbons (Fsp3) is 0.500. The summed E-state index contributed by atoms with van der Waals surface area (Å²) < 4.78 is 0. The average Bonchev–Trinajstić information content (AvgIpc) is 2.51. The van der Waals surface area contributed by atoms with E-state index in [0.717, 1.165) is 37.7 Å². The summed E-state index contributed by atoms with van der Waals surface area (Å²) in [6.07, 6.45) is 5.48. The molecule has 0 radical (unpaired) electrons. The lowest BCUT2D eigenvalue weighted by molar-refractivity contribution is 0.0932. The molecule has 21 heavy (non-hydrogen) atoms. The number of nitrogens with two attached hydrogens (primary N) is 1. The molecule has 1 atom stereocenters. The van der Waals surface area contributed by atoms with Crippen LogP contribution < -0.4 is 11.1 Å². The topological polar surface area (TPSA) is 55.1 Å². The number of carbonyl (C=O) groups excluding carboxylic acids is 1. The van der Waals surface area contributed by atoms with Gasteiger partial charge in [-0.2, -0.15) is 0 Å². The Morgan fingerprint density at radius 3 is 2.48 bits per heavy atom. The summed E-state index contributed by atoms with van der Waals surface area (Å²) in [4.78, 5) is 12.3. The number of hydrogen-bond acceptors (Lipinski definition) is 2. The minimum atomic E-state index is 0.00267. The Balaban J connectivity index is 2.64. The molecule has 0 aromatic heterocycles. The molecule has 1 unspecified atom stereocenters. The van der Waals surface area contributed by atoms with Crippen molar-refractivity contribution in [3.05, 3.63) is 35.4 Å². The molecule has 0 aliphatic rings. The van der Waals surface area contributed by atoms with Crippen molar-refractivity contribution in [1.82, 2.24) is 5.32 Å². The van der Waals surface area contributed by atoms with Crippen molar-refractivity contribution >= 4 is 5.91 Å². The lowest BCUT2D eigenvalue weighted by Gasteiger charge is -2.17. The Labute approximate surface area is 128 Å². The van der Waals surface area contributed by atoms with E-state index in [1.165, 1.54) is 0 Å². The van der Waals surface area contributed by atoms with Crippen LogP contribution in [-0.4, -0.2) is 18.5 Å². The van der Waals surface area contributed by atoms with Crippen LogP contribution in [0.25, 0.3) is 0 Å². The summed E-state index contributed by atoms with van der Waals surface area (Å²) in [5.41, 5.74) is 6.91. The first kappa shape index (κ1) is 17.3. The Morgan fingerprint density at radius 2 is 1.90 bits per heavy atom. The first-order valence-electron chi connectivity index (χ1n) is 7.81. The fourth-order valence-corrected chi connectivity index (χ4v) is 2.21. The molecule has 3 nitrogen and oxygen atoms in total. The third-order valence-corrected chi connectivity index (χ3v) is 3.36. The van der Waals surface area contributed by atoms with Gasteiger partial charge in [0.25, 0.3) is 5.91 Å². The summed E-state index contributed by atoms with van der Waals surface area (Å²) in [5, 5.41) is 3.14. The van der Waals surface area contributed by atoms with E-state index in [9.17, 15) is 4.79 Å². The highest BCUT2D eigenvalue weighted by Gasteiger charge is 2.12. The molecule has 3 heteroatoms. The molecule has 0 aliphatic heterocycles. The molecule has 0 saturated heterocycles. The molecule has 1 amide bonds. The smallest absolute Gasteiger partial charge is 0.251 e. The number of carbonyl (C=O) groups is 1. The Morgan fingerprint density at radius 1 is 1.19 bits per heavy atom. The van der Waals surface area contributed by atoms with Crippen LogP contribution in [0.5, 0.6) is 0 Å². The van der Waals surface area contributed by atoms with Gasteiger partial charge in [-0.1, -0.05) is 45.0 Å². The second-order valence-electron chi connectivity index (χ2n) is 5.18. The Bertz CT molecular complexity index is 482. The standard InChI is InChI=1S/C18H26N2O/c1-3-5-9-17(7-4-2)20-18(21)16-12-10-15(11-13-16)8-6-14-19/h10-13,17H,3-5,7,9,14,19H2,1-2H3,(H,20,21). The second-order valence-corrected chi connectivity index (χ2v) is 5.18. The van der Waals surface area contributed by atoms with Crippen LogP contribution in [0.15, 0.2) is 24.3 Å². The van der Waals surface area contributed by atoms with Gasteiger partial charge >= 0.3 is 0 Å². The number of hydrogen-bond donors (Lipinski definition) is 2. The van der Waals surface area contributed by atoms with E-state index in [1.54, 1.807) is 0 Å². The average molecular weight is 286 g/mol. The van der Waals surface area contributed by atoms with Crippen LogP contribution >= 0.6 is 0 Å². The van der Waals surface area contributed by atoms with Crippen LogP contribution in [0.1, 0.15) is 61.9 Å². The second kappa shape index (κ2) is 10.0. The molecule has 0 spiro atoms. The van der Waals surface area contributed by atoms with E-state index in [-0.39, 0.29) is 11.9 Å². The normalized spacial score (nSPS) is 11.4. The number of unbranched alkanes of at least 4 members (excludes halogenated alkanes) is 1. The van der Waals surface area contributed by atoms with E-state index in [1.807, 2.05) is 24.3 Å². The van der Waals surface area contributed by atoms with Gasteiger partial charge < -0.3 is 11.1 Å². The SMILES string of the molecule is CCCCC(CCC)NC(=O)c1ccc(C#CCN)cc1. The summed E-state index contributed by atoms with van der Waals surface area (Å²) in [6.45, 7) is 4.67. The van der Waals surface area contributed by atoms with Crippen LogP contribution in [0, 0.1) is 11.8 Å². The van der Waals surface area contributed by atoms with Gasteiger partial charge in [-0.15, -0.1) is 0 Å². The van der Waals surface area contributed by atoms with E-state index in [0.29, 0.717) is 12.1 Å². The minimum absolute atomic E-state index is 0.00267. The quantitative estimate of drug-likeness (QED) is 0.757. The third-order valence-electron chi connectivity index (χ3n) is 3.36. The van der Waals surface area contributed by atoms with Crippen molar-refractivity contribution in [2.24, 2.45) is 5.73 Å². The van der Waals surface area contributed by atoms with Gasteiger partial charge in [0.05, 0.1) is 6.54 Å². The predicted molar refractivity (Wildman–Crippen MR) is 88.1 cm³/mol. The summed E-state index contributed by atoms with van der Waals surface area (Å²) in [5.74, 6) is 5.76. The lowest BCUT2D eigenvalue weighted by Crippen LogP contribution is -2.34. The highest BCUT2D eigenvalue weighted by atomic mass is 16.1. The molecule has 1 aromatic carbocycles. The molecule has 0 aliphatic carbocycles. The van der Waals surface area contributed by atoms with Crippen molar-refractivity contribution in [2.75, 3.05) is 6.54 Å². The zero-order valence-electron chi connectivity index (χ0n) is 13.1. The zero-order chi connectivity index (χ0) is 15.5. The molecule has 114 valence electrons. The van der Waals surface area contributed by atoms with Gasteiger partial charge in [-0.25, -0.2) is 0 Å². The van der Waals surface area contributed by atoms with E-state index in [2.05, 4.69) is 31.0 Å². The van der Waals surface area contributed by atoms with E-state index in [4.69, 9.17) is 5.73 Å². The maximum Gasteiger partial charge on any atom is 0.251 e. The lowest BCUT2D eigenvalue weighted by atomic mass is 10.0. The van der Waals surface area contributed by atoms with Crippen molar-refractivity contribution in [3.63, 3.8) is 0 Å². The molecule has 1 rings (SSSR count). The Kier molecular flexibility index (Phi) is 8.23. The first-order chi connectivity index (χ1) is 10.2. The van der Waals surface area contributed by atoms with E-state index >= 15 is 0 Å². The summed E-state index contributed by atoms with van der Waals surface area (Å²) >= 11 is 0. The minimum Gasteiger partial charge on any atom is -0.349 e. The molecule has 0 fully saturated rings. The number of rotatable bonds is 7. The van der Waals surface area contributed by atoms with Gasteiger partial charge in [-0.3, -0.25) is 4.79 Å². The van der Waals surface area contributed by atoms with Gasteiger partial charge in [0, 0.05) is 17.2 Å². The largest absolute Gasteiger partial charge is 0.349 e. The molecule has 0 saturated carbocycles. The summed E-state index contributed by atoms with van der Waals surface area (Å²) in [6, 6.07) is 7.63. The molecule has 0 bridgehead atoms. The van der Waals surface area contributed by atoms with Crippen molar-refractivity contribution < 1.29 is 4.79 Å². The van der Waals surface area contributed by atoms with Crippen molar-refractivity contribution in [3.8, 4) is 11.8 Å². The fourth-order valence-electron chi connectivity index (χ4n) is 2.21. The zero-order valence-corrected chi connectivity index (χ0v) is 13.1. The monoisotopic (exact) mass is 286 g/mol.